The predicted octanol–water partition coefficient (Wildman–Crippen LogP) is 10.2. The second kappa shape index (κ2) is 17.5. The average Bonchev–Trinajstić information content (AvgIpc) is 3.90. The van der Waals surface area contributed by atoms with Crippen LogP contribution in [0.15, 0.2) is 85.3 Å². The highest BCUT2D eigenvalue weighted by Gasteiger charge is 2.25. The van der Waals surface area contributed by atoms with Crippen molar-refractivity contribution in [1.82, 2.24) is 34.5 Å². The van der Waals surface area contributed by atoms with E-state index in [2.05, 4.69) is 36.4 Å². The fraction of sp³-hybridized carbons (Fsp3) is 0.245. The van der Waals surface area contributed by atoms with Crippen molar-refractivity contribution < 1.29 is 27.0 Å². The third-order valence-electron chi connectivity index (χ3n) is 12.3. The van der Waals surface area contributed by atoms with Crippen molar-refractivity contribution >= 4 is 78.1 Å². The van der Waals surface area contributed by atoms with E-state index in [9.17, 15) is 13.2 Å². The lowest BCUT2D eigenvalue weighted by Gasteiger charge is -2.32. The fourth-order valence-electron chi connectivity index (χ4n) is 8.91. The van der Waals surface area contributed by atoms with Crippen molar-refractivity contribution in [2.75, 3.05) is 67.7 Å². The summed E-state index contributed by atoms with van der Waals surface area (Å²) < 4.78 is 72.6. The number of aromatic nitrogens is 7. The molecule has 0 aliphatic carbocycles. The third-order valence-corrected chi connectivity index (χ3v) is 12.8. The lowest BCUT2D eigenvalue weighted by molar-refractivity contribution is 0.122. The standard InChI is InChI=1S/C31H31F2N7O2.C18H12ClF2N3/c1-19-29(22-4-3-5-27-23(22)18-35-38(27)2)36-25-15-20(32)14-24(33)28(25)30(19)37-26-16-21(39-6-10-41-11-7-39)17-34-31(26)40-8-12-42-13-9-40;1-9-17(19)16-13(21)6-10(20)7-14(16)23-18(9)11-4-3-5-15-12(11)8-22-24(15)2/h3-5,14-18H,6-13H2,1-2H3,(H,36,37);3-8H,1-2H3. The first-order chi connectivity index (χ1) is 31.9. The Morgan fingerprint density at radius 3 is 1.71 bits per heavy atom. The normalized spacial score (nSPS) is 14.4. The van der Waals surface area contributed by atoms with E-state index in [1.807, 2.05) is 63.6 Å². The molecular formula is C49H43ClF4N10O2. The molecule has 7 heterocycles. The van der Waals surface area contributed by atoms with Crippen molar-refractivity contribution in [1.29, 1.82) is 0 Å². The Bertz CT molecular complexity index is 3350. The zero-order valence-electron chi connectivity index (χ0n) is 36.5. The van der Waals surface area contributed by atoms with Gasteiger partial charge >= 0.3 is 0 Å². The van der Waals surface area contributed by atoms with E-state index in [0.717, 1.165) is 80.9 Å². The van der Waals surface area contributed by atoms with Gasteiger partial charge in [0.25, 0.3) is 0 Å². The second-order valence-corrected chi connectivity index (χ2v) is 16.7. The van der Waals surface area contributed by atoms with E-state index in [1.54, 1.807) is 28.7 Å². The third kappa shape index (κ3) is 7.77. The molecule has 0 radical (unpaired) electrons. The maximum Gasteiger partial charge on any atom is 0.152 e. The van der Waals surface area contributed by atoms with Crippen LogP contribution < -0.4 is 15.1 Å². The van der Waals surface area contributed by atoms with Crippen molar-refractivity contribution in [3.8, 4) is 22.5 Å². The van der Waals surface area contributed by atoms with E-state index in [1.165, 1.54) is 12.1 Å². The van der Waals surface area contributed by atoms with Crippen LogP contribution in [0.1, 0.15) is 11.1 Å². The first-order valence-electron chi connectivity index (χ1n) is 21.4. The number of fused-ring (bicyclic) bond motifs is 4. The Labute approximate surface area is 381 Å². The number of pyridine rings is 3. The molecule has 2 fully saturated rings. The number of hydrogen-bond donors (Lipinski definition) is 1. The van der Waals surface area contributed by atoms with Gasteiger partial charge in [0, 0.05) is 86.4 Å². The summed E-state index contributed by atoms with van der Waals surface area (Å²) in [6, 6.07) is 17.9. The number of rotatable bonds is 6. The SMILES string of the molecule is Cc1c(-c2cccc3c2cnn3C)nc2cc(F)cc(F)c2c1Cl.Cc1c(-c2cccc3c2cnn3C)nc2cc(F)cc(F)c2c1Nc1cc(N2CCOCC2)cnc1N1CCOCC1. The van der Waals surface area contributed by atoms with Gasteiger partial charge in [-0.2, -0.15) is 10.2 Å². The molecule has 0 amide bonds. The lowest BCUT2D eigenvalue weighted by atomic mass is 9.99. The van der Waals surface area contributed by atoms with Gasteiger partial charge in [-0.05, 0) is 43.2 Å². The predicted molar refractivity (Wildman–Crippen MR) is 251 cm³/mol. The van der Waals surface area contributed by atoms with E-state index in [-0.39, 0.29) is 26.8 Å². The van der Waals surface area contributed by atoms with Crippen LogP contribution in [0, 0.1) is 37.1 Å². The lowest BCUT2D eigenvalue weighted by Crippen LogP contribution is -2.38. The molecule has 11 rings (SSSR count). The van der Waals surface area contributed by atoms with Gasteiger partial charge < -0.3 is 24.6 Å². The van der Waals surface area contributed by atoms with Gasteiger partial charge in [-0.25, -0.2) is 32.5 Å². The van der Waals surface area contributed by atoms with Gasteiger partial charge in [0.1, 0.15) is 23.3 Å². The smallest absolute Gasteiger partial charge is 0.152 e. The molecule has 0 bridgehead atoms. The molecule has 0 atom stereocenters. The van der Waals surface area contributed by atoms with E-state index < -0.39 is 23.3 Å². The average molecular weight is 915 g/mol. The van der Waals surface area contributed by atoms with Crippen LogP contribution in [0.2, 0.25) is 5.02 Å². The Hall–Kier alpha value is -6.88. The van der Waals surface area contributed by atoms with Gasteiger partial charge in [-0.1, -0.05) is 35.9 Å². The minimum atomic E-state index is -0.711. The summed E-state index contributed by atoms with van der Waals surface area (Å²) in [5, 5.41) is 14.7. The highest BCUT2D eigenvalue weighted by atomic mass is 35.5. The molecule has 0 saturated carbocycles. The van der Waals surface area contributed by atoms with Crippen molar-refractivity contribution in [3.63, 3.8) is 0 Å². The van der Waals surface area contributed by atoms with E-state index in [4.69, 9.17) is 31.0 Å². The molecule has 9 aromatic rings. The zero-order chi connectivity index (χ0) is 45.8. The highest BCUT2D eigenvalue weighted by Crippen LogP contribution is 2.42. The van der Waals surface area contributed by atoms with E-state index in [0.29, 0.717) is 62.2 Å². The van der Waals surface area contributed by atoms with Crippen LogP contribution in [0.3, 0.4) is 0 Å². The number of aryl methyl sites for hydroxylation is 2. The maximum atomic E-state index is 15.6. The van der Waals surface area contributed by atoms with Gasteiger partial charge in [-0.3, -0.25) is 9.36 Å². The van der Waals surface area contributed by atoms with Crippen LogP contribution >= 0.6 is 11.6 Å². The van der Waals surface area contributed by atoms with Gasteiger partial charge in [0.15, 0.2) is 5.82 Å². The summed E-state index contributed by atoms with van der Waals surface area (Å²) in [5.41, 5.74) is 8.74. The Kier molecular flexibility index (Phi) is 11.4. The second-order valence-electron chi connectivity index (χ2n) is 16.3. The zero-order valence-corrected chi connectivity index (χ0v) is 37.2. The first-order valence-corrected chi connectivity index (χ1v) is 21.8. The quantitative estimate of drug-likeness (QED) is 0.162. The maximum absolute atomic E-state index is 15.6. The molecule has 2 aliphatic heterocycles. The molecule has 17 heteroatoms. The minimum absolute atomic E-state index is 0.137. The number of morpholine rings is 2. The van der Waals surface area contributed by atoms with Crippen LogP contribution in [-0.4, -0.2) is 87.1 Å². The number of halogens is 5. The molecule has 4 aromatic carbocycles. The largest absolute Gasteiger partial charge is 0.378 e. The highest BCUT2D eigenvalue weighted by molar-refractivity contribution is 6.36. The monoisotopic (exact) mass is 914 g/mol. The number of nitrogens with zero attached hydrogens (tertiary/aromatic N) is 9. The van der Waals surface area contributed by atoms with Crippen LogP contribution in [0.5, 0.6) is 0 Å². The summed E-state index contributed by atoms with van der Waals surface area (Å²) in [7, 11) is 3.73. The number of nitrogens with one attached hydrogen (secondary N) is 1. The van der Waals surface area contributed by atoms with Gasteiger partial charge in [0.05, 0.1) is 111 Å². The summed E-state index contributed by atoms with van der Waals surface area (Å²) in [4.78, 5) is 18.6. The number of benzene rings is 4. The summed E-state index contributed by atoms with van der Waals surface area (Å²) >= 11 is 6.37. The Morgan fingerprint density at radius 2 is 1.14 bits per heavy atom. The van der Waals surface area contributed by atoms with Crippen LogP contribution in [0.25, 0.3) is 66.1 Å². The first kappa shape index (κ1) is 43.0. The molecule has 2 aliphatic rings. The summed E-state index contributed by atoms with van der Waals surface area (Å²) in [5.74, 6) is -2.01. The fourth-order valence-corrected chi connectivity index (χ4v) is 9.19. The van der Waals surface area contributed by atoms with Crippen LogP contribution in [-0.2, 0) is 23.6 Å². The minimum Gasteiger partial charge on any atom is -0.378 e. The molecular weight excluding hydrogens is 872 g/mol. The Morgan fingerprint density at radius 1 is 0.621 bits per heavy atom. The summed E-state index contributed by atoms with van der Waals surface area (Å²) in [6.07, 6.45) is 5.42. The molecule has 2 saturated heterocycles. The van der Waals surface area contributed by atoms with Crippen molar-refractivity contribution in [3.05, 3.63) is 125 Å². The van der Waals surface area contributed by atoms with Gasteiger partial charge in [-0.15, -0.1) is 0 Å². The number of hydrogen-bond acceptors (Lipinski definition) is 10. The number of ether oxygens (including phenoxy) is 2. The molecule has 12 nitrogen and oxygen atoms in total. The molecule has 5 aromatic heterocycles. The summed E-state index contributed by atoms with van der Waals surface area (Å²) in [6.45, 7) is 9.03. The van der Waals surface area contributed by atoms with Crippen LogP contribution in [0.4, 0.5) is 40.4 Å². The Balaban J connectivity index is 0.000000180. The van der Waals surface area contributed by atoms with Gasteiger partial charge in [0.2, 0.25) is 0 Å². The van der Waals surface area contributed by atoms with Crippen molar-refractivity contribution in [2.24, 2.45) is 14.1 Å². The molecule has 336 valence electrons. The number of anilines is 4. The van der Waals surface area contributed by atoms with Crippen molar-refractivity contribution in [2.45, 2.75) is 13.8 Å². The molecule has 66 heavy (non-hydrogen) atoms. The van der Waals surface area contributed by atoms with E-state index >= 15 is 4.39 Å². The molecule has 0 unspecified atom stereocenters. The topological polar surface area (TPSA) is 111 Å². The molecule has 0 spiro atoms. The molecule has 1 N–H and O–H groups in total.